The average Bonchev–Trinajstić information content (AvgIpc) is 3.20. The van der Waals surface area contributed by atoms with Crippen molar-refractivity contribution in [2.75, 3.05) is 26.2 Å². The molecule has 1 saturated carbocycles. The Morgan fingerprint density at radius 3 is 2.96 bits per heavy atom. The van der Waals surface area contributed by atoms with Crippen LogP contribution >= 0.6 is 0 Å². The first-order valence-corrected chi connectivity index (χ1v) is 9.67. The normalized spacial score (nSPS) is 28.4. The van der Waals surface area contributed by atoms with E-state index in [0.29, 0.717) is 5.92 Å². The summed E-state index contributed by atoms with van der Waals surface area (Å²) >= 11 is 0. The highest BCUT2D eigenvalue weighted by Crippen LogP contribution is 2.29. The van der Waals surface area contributed by atoms with Gasteiger partial charge in [0.1, 0.15) is 0 Å². The zero-order valence-electron chi connectivity index (χ0n) is 15.5. The third-order valence-electron chi connectivity index (χ3n) is 5.56. The summed E-state index contributed by atoms with van der Waals surface area (Å²) < 4.78 is 1.90. The Morgan fingerprint density at radius 1 is 1.38 bits per heavy atom. The molecule has 134 valence electrons. The van der Waals surface area contributed by atoms with Gasteiger partial charge in [0.2, 0.25) is 0 Å². The third-order valence-corrected chi connectivity index (χ3v) is 5.56. The largest absolute Gasteiger partial charge is 0.357 e. The van der Waals surface area contributed by atoms with Crippen molar-refractivity contribution in [3.05, 3.63) is 18.0 Å². The smallest absolute Gasteiger partial charge is 0.193 e. The lowest BCUT2D eigenvalue weighted by molar-refractivity contribution is 0.288. The molecule has 1 aromatic heterocycles. The average molecular weight is 332 g/mol. The SMILES string of the molecule is CCNC(=NCC1CCCC(C)C1)N1CCC(c2cnn(C)c2)C1. The van der Waals surface area contributed by atoms with E-state index in [-0.39, 0.29) is 0 Å². The second kappa shape index (κ2) is 8.04. The van der Waals surface area contributed by atoms with Crippen LogP contribution < -0.4 is 5.32 Å². The van der Waals surface area contributed by atoms with Crippen molar-refractivity contribution in [2.45, 2.75) is 51.9 Å². The van der Waals surface area contributed by atoms with Crippen molar-refractivity contribution in [2.24, 2.45) is 23.9 Å². The lowest BCUT2D eigenvalue weighted by Crippen LogP contribution is -2.40. The van der Waals surface area contributed by atoms with E-state index < -0.39 is 0 Å². The highest BCUT2D eigenvalue weighted by atomic mass is 15.3. The van der Waals surface area contributed by atoms with Crippen LogP contribution in [0.3, 0.4) is 0 Å². The number of hydrogen-bond donors (Lipinski definition) is 1. The summed E-state index contributed by atoms with van der Waals surface area (Å²) in [5.74, 6) is 3.35. The molecule has 2 aliphatic rings. The Hall–Kier alpha value is -1.52. The fourth-order valence-electron chi connectivity index (χ4n) is 4.24. The minimum absolute atomic E-state index is 0.581. The Kier molecular flexibility index (Phi) is 5.80. The summed E-state index contributed by atoms with van der Waals surface area (Å²) in [7, 11) is 1.99. The topological polar surface area (TPSA) is 45.5 Å². The van der Waals surface area contributed by atoms with Gasteiger partial charge in [-0.3, -0.25) is 9.67 Å². The van der Waals surface area contributed by atoms with E-state index in [1.807, 2.05) is 17.9 Å². The van der Waals surface area contributed by atoms with E-state index in [0.717, 1.165) is 44.0 Å². The van der Waals surface area contributed by atoms with E-state index in [4.69, 9.17) is 4.99 Å². The molecule has 0 amide bonds. The zero-order chi connectivity index (χ0) is 16.9. The molecule has 2 fully saturated rings. The quantitative estimate of drug-likeness (QED) is 0.681. The number of aryl methyl sites for hydroxylation is 1. The first kappa shape index (κ1) is 17.3. The number of hydrogen-bond acceptors (Lipinski definition) is 2. The van der Waals surface area contributed by atoms with Crippen LogP contribution in [-0.4, -0.2) is 46.8 Å². The molecule has 0 aromatic carbocycles. The summed E-state index contributed by atoms with van der Waals surface area (Å²) in [5.41, 5.74) is 1.36. The van der Waals surface area contributed by atoms with Crippen molar-refractivity contribution in [1.29, 1.82) is 0 Å². The molecule has 3 unspecified atom stereocenters. The predicted molar refractivity (Wildman–Crippen MR) is 99.2 cm³/mol. The first-order valence-electron chi connectivity index (χ1n) is 9.67. The van der Waals surface area contributed by atoms with Crippen LogP contribution in [-0.2, 0) is 7.05 Å². The summed E-state index contributed by atoms with van der Waals surface area (Å²) in [4.78, 5) is 7.44. The van der Waals surface area contributed by atoms with Crippen LogP contribution in [0, 0.1) is 11.8 Å². The summed E-state index contributed by atoms with van der Waals surface area (Å²) in [6.45, 7) is 8.62. The van der Waals surface area contributed by atoms with Gasteiger partial charge in [0.15, 0.2) is 5.96 Å². The van der Waals surface area contributed by atoms with Gasteiger partial charge in [0, 0.05) is 45.3 Å². The minimum Gasteiger partial charge on any atom is -0.357 e. The molecular weight excluding hydrogens is 298 g/mol. The molecule has 5 heteroatoms. The molecular formula is C19H33N5. The van der Waals surface area contributed by atoms with Crippen LogP contribution in [0.2, 0.25) is 0 Å². The molecule has 1 N–H and O–H groups in total. The Balaban J connectivity index is 1.59. The van der Waals surface area contributed by atoms with Gasteiger partial charge in [-0.25, -0.2) is 0 Å². The van der Waals surface area contributed by atoms with Gasteiger partial charge in [0.05, 0.1) is 6.20 Å². The predicted octanol–water partition coefficient (Wildman–Crippen LogP) is 3.00. The number of guanidine groups is 1. The minimum atomic E-state index is 0.581. The second-order valence-corrected chi connectivity index (χ2v) is 7.71. The molecule has 0 radical (unpaired) electrons. The highest BCUT2D eigenvalue weighted by molar-refractivity contribution is 5.80. The van der Waals surface area contributed by atoms with Gasteiger partial charge in [-0.1, -0.05) is 19.8 Å². The maximum absolute atomic E-state index is 5.00. The number of nitrogens with one attached hydrogen (secondary N) is 1. The Labute approximate surface area is 146 Å². The van der Waals surface area contributed by atoms with Gasteiger partial charge < -0.3 is 10.2 Å². The molecule has 1 aromatic rings. The van der Waals surface area contributed by atoms with Crippen molar-refractivity contribution in [3.63, 3.8) is 0 Å². The van der Waals surface area contributed by atoms with E-state index in [2.05, 4.69) is 35.4 Å². The molecule has 1 aliphatic heterocycles. The van der Waals surface area contributed by atoms with Crippen LogP contribution in [0.4, 0.5) is 0 Å². The van der Waals surface area contributed by atoms with Crippen LogP contribution in [0.15, 0.2) is 17.4 Å². The fourth-order valence-corrected chi connectivity index (χ4v) is 4.24. The molecule has 24 heavy (non-hydrogen) atoms. The van der Waals surface area contributed by atoms with Crippen molar-refractivity contribution in [1.82, 2.24) is 20.0 Å². The Bertz CT molecular complexity index is 550. The number of aliphatic imine (C=N–C) groups is 1. The molecule has 0 bridgehead atoms. The third kappa shape index (κ3) is 4.31. The van der Waals surface area contributed by atoms with Crippen molar-refractivity contribution in [3.8, 4) is 0 Å². The fraction of sp³-hybridized carbons (Fsp3) is 0.789. The lowest BCUT2D eigenvalue weighted by Gasteiger charge is -2.27. The van der Waals surface area contributed by atoms with Crippen molar-refractivity contribution < 1.29 is 0 Å². The standard InChI is InChI=1S/C19H33N5/c1-4-20-19(21-11-16-7-5-6-15(2)10-16)24-9-8-17(14-24)18-12-22-23(3)13-18/h12-13,15-17H,4-11,14H2,1-3H3,(H,20,21). The summed E-state index contributed by atoms with van der Waals surface area (Å²) in [5, 5.41) is 7.83. The molecule has 5 nitrogen and oxygen atoms in total. The van der Waals surface area contributed by atoms with E-state index >= 15 is 0 Å². The monoisotopic (exact) mass is 331 g/mol. The molecule has 1 aliphatic carbocycles. The van der Waals surface area contributed by atoms with Crippen LogP contribution in [0.1, 0.15) is 57.4 Å². The molecule has 1 saturated heterocycles. The second-order valence-electron chi connectivity index (χ2n) is 7.71. The Morgan fingerprint density at radius 2 is 2.25 bits per heavy atom. The molecule has 3 atom stereocenters. The van der Waals surface area contributed by atoms with E-state index in [9.17, 15) is 0 Å². The number of rotatable bonds is 4. The van der Waals surface area contributed by atoms with Crippen molar-refractivity contribution >= 4 is 5.96 Å². The highest BCUT2D eigenvalue weighted by Gasteiger charge is 2.27. The summed E-state index contributed by atoms with van der Waals surface area (Å²) in [6, 6.07) is 0. The molecule has 0 spiro atoms. The van der Waals surface area contributed by atoms with E-state index in [1.54, 1.807) is 0 Å². The lowest BCUT2D eigenvalue weighted by atomic mass is 9.82. The number of likely N-dealkylation sites (tertiary alicyclic amines) is 1. The maximum atomic E-state index is 5.00. The van der Waals surface area contributed by atoms with Gasteiger partial charge in [-0.15, -0.1) is 0 Å². The van der Waals surface area contributed by atoms with Gasteiger partial charge in [-0.05, 0) is 43.6 Å². The molecule has 2 heterocycles. The van der Waals surface area contributed by atoms with Gasteiger partial charge in [0.25, 0.3) is 0 Å². The molecule has 3 rings (SSSR count). The first-order chi connectivity index (χ1) is 11.7. The van der Waals surface area contributed by atoms with Gasteiger partial charge in [-0.2, -0.15) is 5.10 Å². The maximum Gasteiger partial charge on any atom is 0.193 e. The number of nitrogens with zero attached hydrogens (tertiary/aromatic N) is 4. The zero-order valence-corrected chi connectivity index (χ0v) is 15.5. The van der Waals surface area contributed by atoms with E-state index in [1.165, 1.54) is 37.7 Å². The van der Waals surface area contributed by atoms with Crippen LogP contribution in [0.25, 0.3) is 0 Å². The summed E-state index contributed by atoms with van der Waals surface area (Å²) in [6.07, 6.45) is 10.8. The number of aromatic nitrogens is 2. The van der Waals surface area contributed by atoms with Crippen LogP contribution in [0.5, 0.6) is 0 Å². The van der Waals surface area contributed by atoms with Gasteiger partial charge >= 0.3 is 0 Å².